The fraction of sp³-hybridized carbons (Fsp3) is 0.400. The Morgan fingerprint density at radius 3 is 2.56 bits per heavy atom. The quantitative estimate of drug-likeness (QED) is 0.825. The summed E-state index contributed by atoms with van der Waals surface area (Å²) in [5.41, 5.74) is 0.631. The lowest BCUT2D eigenvalue weighted by molar-refractivity contribution is -0.117. The maximum absolute atomic E-state index is 11.7. The molecule has 1 unspecified atom stereocenters. The Labute approximate surface area is 103 Å². The fourth-order valence-corrected chi connectivity index (χ4v) is 2.21. The zero-order valence-corrected chi connectivity index (χ0v) is 9.87. The van der Waals surface area contributed by atoms with Crippen LogP contribution in [0.1, 0.15) is 6.42 Å². The van der Waals surface area contributed by atoms with Crippen LogP contribution in [-0.2, 0) is 4.79 Å². The second-order valence-electron chi connectivity index (χ2n) is 3.73. The molecule has 6 heteroatoms. The number of aliphatic hydroxyl groups is 1. The highest BCUT2D eigenvalue weighted by Gasteiger charge is 2.30. The van der Waals surface area contributed by atoms with Crippen LogP contribution >= 0.6 is 23.2 Å². The van der Waals surface area contributed by atoms with Crippen LogP contribution in [0.3, 0.4) is 0 Å². The molecule has 86 valence electrons. The largest absolute Gasteiger partial charge is 0.396 e. The molecule has 1 aromatic rings. The molecule has 1 atom stereocenters. The zero-order chi connectivity index (χ0) is 11.7. The summed E-state index contributed by atoms with van der Waals surface area (Å²) in [7, 11) is 0. The fourth-order valence-electron chi connectivity index (χ4n) is 1.76. The van der Waals surface area contributed by atoms with Gasteiger partial charge in [0.1, 0.15) is 10.3 Å². The maximum atomic E-state index is 11.7. The number of nitrogens with zero attached hydrogens (tertiary/aromatic N) is 2. The number of halogens is 2. The van der Waals surface area contributed by atoms with Crippen molar-refractivity contribution in [2.24, 2.45) is 5.92 Å². The van der Waals surface area contributed by atoms with E-state index in [0.29, 0.717) is 18.7 Å². The van der Waals surface area contributed by atoms with Crippen LogP contribution in [0, 0.1) is 5.92 Å². The van der Waals surface area contributed by atoms with Crippen LogP contribution in [0.15, 0.2) is 12.1 Å². The molecule has 1 amide bonds. The summed E-state index contributed by atoms with van der Waals surface area (Å²) in [5, 5.41) is 9.52. The van der Waals surface area contributed by atoms with E-state index in [-0.39, 0.29) is 28.7 Å². The average molecular weight is 261 g/mol. The molecule has 1 N–H and O–H groups in total. The standard InChI is InChI=1S/C10H10Cl2N2O2/c11-8-2-7(3-9(12)13-8)14-4-6(5-15)1-10(14)16/h2-3,6,15H,1,4-5H2. The third-order valence-electron chi connectivity index (χ3n) is 2.52. The predicted octanol–water partition coefficient (Wildman–Crippen LogP) is 1.73. The Morgan fingerprint density at radius 1 is 1.44 bits per heavy atom. The van der Waals surface area contributed by atoms with Gasteiger partial charge in [-0.1, -0.05) is 23.2 Å². The molecule has 0 bridgehead atoms. The van der Waals surface area contributed by atoms with E-state index in [2.05, 4.69) is 4.98 Å². The van der Waals surface area contributed by atoms with E-state index in [0.717, 1.165) is 0 Å². The predicted molar refractivity (Wildman–Crippen MR) is 61.8 cm³/mol. The Balaban J connectivity index is 2.27. The number of amides is 1. The Bertz CT molecular complexity index is 405. The van der Waals surface area contributed by atoms with Crippen molar-refractivity contribution in [2.45, 2.75) is 6.42 Å². The van der Waals surface area contributed by atoms with Crippen molar-refractivity contribution in [1.29, 1.82) is 0 Å². The van der Waals surface area contributed by atoms with Crippen LogP contribution in [0.2, 0.25) is 10.3 Å². The van der Waals surface area contributed by atoms with Gasteiger partial charge in [0.25, 0.3) is 0 Å². The van der Waals surface area contributed by atoms with Crippen LogP contribution < -0.4 is 4.90 Å². The van der Waals surface area contributed by atoms with E-state index in [1.54, 1.807) is 17.0 Å². The van der Waals surface area contributed by atoms with Gasteiger partial charge >= 0.3 is 0 Å². The minimum atomic E-state index is -0.0302. The number of anilines is 1. The number of hydrogen-bond donors (Lipinski definition) is 1. The van der Waals surface area contributed by atoms with Crippen molar-refractivity contribution in [3.05, 3.63) is 22.4 Å². The average Bonchev–Trinajstić information content (AvgIpc) is 2.58. The first-order valence-corrected chi connectivity index (χ1v) is 5.60. The first kappa shape index (κ1) is 11.6. The first-order valence-electron chi connectivity index (χ1n) is 4.84. The monoisotopic (exact) mass is 260 g/mol. The number of aliphatic hydroxyl groups excluding tert-OH is 1. The molecule has 2 heterocycles. The zero-order valence-electron chi connectivity index (χ0n) is 8.36. The Hall–Kier alpha value is -0.840. The third kappa shape index (κ3) is 2.29. The van der Waals surface area contributed by atoms with Gasteiger partial charge in [0.15, 0.2) is 0 Å². The molecular formula is C10H10Cl2N2O2. The number of carbonyl (C=O) groups excluding carboxylic acids is 1. The smallest absolute Gasteiger partial charge is 0.227 e. The van der Waals surface area contributed by atoms with Gasteiger partial charge in [-0.3, -0.25) is 4.79 Å². The van der Waals surface area contributed by atoms with Gasteiger partial charge in [-0.15, -0.1) is 0 Å². The van der Waals surface area contributed by atoms with E-state index in [1.165, 1.54) is 0 Å². The van der Waals surface area contributed by atoms with Crippen LogP contribution in [0.4, 0.5) is 5.69 Å². The molecule has 1 aromatic heterocycles. The third-order valence-corrected chi connectivity index (χ3v) is 2.91. The molecule has 0 saturated carbocycles. The Kier molecular flexibility index (Phi) is 3.33. The normalized spacial score (nSPS) is 20.6. The lowest BCUT2D eigenvalue weighted by Gasteiger charge is -2.16. The molecule has 1 aliphatic rings. The minimum absolute atomic E-state index is 0.00872. The second kappa shape index (κ2) is 4.57. The second-order valence-corrected chi connectivity index (χ2v) is 4.50. The lowest BCUT2D eigenvalue weighted by atomic mass is 10.1. The van der Waals surface area contributed by atoms with Gasteiger partial charge in [-0.2, -0.15) is 0 Å². The summed E-state index contributed by atoms with van der Waals surface area (Å²) in [4.78, 5) is 17.1. The topological polar surface area (TPSA) is 53.4 Å². The molecule has 0 aliphatic carbocycles. The van der Waals surface area contributed by atoms with Crippen molar-refractivity contribution in [3.63, 3.8) is 0 Å². The van der Waals surface area contributed by atoms with Crippen LogP contribution in [0.5, 0.6) is 0 Å². The molecule has 0 spiro atoms. The van der Waals surface area contributed by atoms with Crippen LogP contribution in [0.25, 0.3) is 0 Å². The van der Waals surface area contributed by atoms with Crippen LogP contribution in [-0.4, -0.2) is 29.1 Å². The number of rotatable bonds is 2. The highest BCUT2D eigenvalue weighted by atomic mass is 35.5. The van der Waals surface area contributed by atoms with E-state index in [9.17, 15) is 4.79 Å². The molecule has 16 heavy (non-hydrogen) atoms. The van der Waals surface area contributed by atoms with E-state index >= 15 is 0 Å². The number of aromatic nitrogens is 1. The lowest BCUT2D eigenvalue weighted by Crippen LogP contribution is -2.24. The highest BCUT2D eigenvalue weighted by molar-refractivity contribution is 6.33. The van der Waals surface area contributed by atoms with Gasteiger partial charge in [0, 0.05) is 31.2 Å². The maximum Gasteiger partial charge on any atom is 0.227 e. The first-order chi connectivity index (χ1) is 7.60. The van der Waals surface area contributed by atoms with Gasteiger partial charge in [0.05, 0.1) is 0 Å². The highest BCUT2D eigenvalue weighted by Crippen LogP contribution is 2.28. The van der Waals surface area contributed by atoms with Crippen molar-refractivity contribution in [1.82, 2.24) is 4.98 Å². The summed E-state index contributed by atoms with van der Waals surface area (Å²) in [6, 6.07) is 3.18. The molecule has 1 fully saturated rings. The molecule has 0 radical (unpaired) electrons. The van der Waals surface area contributed by atoms with Crippen molar-refractivity contribution >= 4 is 34.8 Å². The molecular weight excluding hydrogens is 251 g/mol. The number of carbonyl (C=O) groups is 1. The number of pyridine rings is 1. The Morgan fingerprint density at radius 2 is 2.06 bits per heavy atom. The molecule has 4 nitrogen and oxygen atoms in total. The minimum Gasteiger partial charge on any atom is -0.396 e. The van der Waals surface area contributed by atoms with Gasteiger partial charge in [-0.05, 0) is 12.1 Å². The summed E-state index contributed by atoms with van der Waals surface area (Å²) in [5.74, 6) is -0.0457. The summed E-state index contributed by atoms with van der Waals surface area (Å²) < 4.78 is 0. The number of hydrogen-bond acceptors (Lipinski definition) is 3. The van der Waals surface area contributed by atoms with Crippen molar-refractivity contribution < 1.29 is 9.90 Å². The summed E-state index contributed by atoms with van der Waals surface area (Å²) >= 11 is 11.5. The van der Waals surface area contributed by atoms with Gasteiger partial charge in [-0.25, -0.2) is 4.98 Å². The molecule has 1 saturated heterocycles. The molecule has 1 aliphatic heterocycles. The summed E-state index contributed by atoms with van der Waals surface area (Å²) in [6.45, 7) is 0.501. The molecule has 2 rings (SSSR count). The van der Waals surface area contributed by atoms with Gasteiger partial charge < -0.3 is 10.0 Å². The van der Waals surface area contributed by atoms with Crippen molar-refractivity contribution in [2.75, 3.05) is 18.1 Å². The van der Waals surface area contributed by atoms with E-state index in [1.807, 2.05) is 0 Å². The van der Waals surface area contributed by atoms with E-state index in [4.69, 9.17) is 28.3 Å². The summed E-state index contributed by atoms with van der Waals surface area (Å²) in [6.07, 6.45) is 0.355. The SMILES string of the molecule is O=C1CC(CO)CN1c1cc(Cl)nc(Cl)c1. The van der Waals surface area contributed by atoms with Gasteiger partial charge in [0.2, 0.25) is 5.91 Å². The van der Waals surface area contributed by atoms with Crippen molar-refractivity contribution in [3.8, 4) is 0 Å². The molecule has 0 aromatic carbocycles. The van der Waals surface area contributed by atoms with E-state index < -0.39 is 0 Å².